The van der Waals surface area contributed by atoms with E-state index in [0.29, 0.717) is 30.0 Å². The van der Waals surface area contributed by atoms with Crippen LogP contribution in [0.4, 0.5) is 5.69 Å². The van der Waals surface area contributed by atoms with Gasteiger partial charge in [0.1, 0.15) is 23.2 Å². The van der Waals surface area contributed by atoms with Crippen LogP contribution >= 0.6 is 11.6 Å². The third-order valence-electron chi connectivity index (χ3n) is 7.93. The van der Waals surface area contributed by atoms with Gasteiger partial charge in [0.05, 0.1) is 29.8 Å². The molecule has 0 aliphatic carbocycles. The number of likely N-dealkylation sites (tertiary alicyclic amines) is 1. The Morgan fingerprint density at radius 3 is 2.67 bits per heavy atom. The van der Waals surface area contributed by atoms with Crippen molar-refractivity contribution in [1.29, 1.82) is 0 Å². The highest BCUT2D eigenvalue weighted by Crippen LogP contribution is 2.58. The van der Waals surface area contributed by atoms with E-state index in [-0.39, 0.29) is 32.2 Å². The highest BCUT2D eigenvalue weighted by Gasteiger charge is 2.75. The standard InChI is InChI=1S/C27H31ClN2O6/c1-3-26-11-5-4-6-16-35-25(34)20(26)19-23(32)30(14-15-31)22-24(33)29(13-8-12-27(19,22)36-26)21-17(2)9-7-10-18(21)28/h5,7-12,19-20,22,31H,3-4,6,13-16H2,1-2H3/b11-5-/t19-,20+,22?,26-,27-/m0/s1. The summed E-state index contributed by atoms with van der Waals surface area (Å²) in [4.78, 5) is 44.7. The molecule has 1 aromatic carbocycles. The molecule has 2 saturated heterocycles. The van der Waals surface area contributed by atoms with Crippen molar-refractivity contribution in [3.8, 4) is 0 Å². The fourth-order valence-electron chi connectivity index (χ4n) is 6.39. The van der Waals surface area contributed by atoms with Crippen molar-refractivity contribution in [2.45, 2.75) is 50.4 Å². The van der Waals surface area contributed by atoms with Crippen LogP contribution in [0.5, 0.6) is 0 Å². The number of anilines is 1. The van der Waals surface area contributed by atoms with Crippen molar-refractivity contribution in [2.24, 2.45) is 11.8 Å². The Balaban J connectivity index is 1.69. The second kappa shape index (κ2) is 9.32. The highest BCUT2D eigenvalue weighted by atomic mass is 35.5. The summed E-state index contributed by atoms with van der Waals surface area (Å²) in [6.07, 6.45) is 9.27. The van der Waals surface area contributed by atoms with Crippen molar-refractivity contribution >= 4 is 35.1 Å². The van der Waals surface area contributed by atoms with Gasteiger partial charge in [-0.25, -0.2) is 0 Å². The van der Waals surface area contributed by atoms with E-state index >= 15 is 0 Å². The molecule has 1 unspecified atom stereocenters. The average Bonchev–Trinajstić information content (AvgIpc) is 3.22. The fourth-order valence-corrected chi connectivity index (χ4v) is 6.71. The van der Waals surface area contributed by atoms with Crippen LogP contribution in [0.15, 0.2) is 42.5 Å². The molecule has 0 bridgehead atoms. The zero-order valence-corrected chi connectivity index (χ0v) is 21.2. The number of allylic oxidation sites excluding steroid dienone is 1. The molecular formula is C27H31ClN2O6. The maximum Gasteiger partial charge on any atom is 0.313 e. The topological polar surface area (TPSA) is 96.4 Å². The number of amides is 2. The molecular weight excluding hydrogens is 484 g/mol. The molecule has 0 saturated carbocycles. The molecule has 5 rings (SSSR count). The number of carbonyl (C=O) groups is 3. The number of carbonyl (C=O) groups excluding carboxylic acids is 3. The van der Waals surface area contributed by atoms with Crippen molar-refractivity contribution < 1.29 is 29.0 Å². The van der Waals surface area contributed by atoms with Crippen LogP contribution in [0.2, 0.25) is 5.02 Å². The summed E-state index contributed by atoms with van der Waals surface area (Å²) < 4.78 is 12.4. The number of β-amino-alcohol motifs (C(OH)–C–C–N with tert-alkyl or cyclic N) is 1. The number of hydrogen-bond donors (Lipinski definition) is 1. The number of cyclic esters (lactones) is 1. The summed E-state index contributed by atoms with van der Waals surface area (Å²) in [7, 11) is 0. The third-order valence-corrected chi connectivity index (χ3v) is 8.24. The minimum atomic E-state index is -1.39. The molecule has 192 valence electrons. The first-order valence-electron chi connectivity index (χ1n) is 12.5. The quantitative estimate of drug-likeness (QED) is 0.490. The monoisotopic (exact) mass is 514 g/mol. The van der Waals surface area contributed by atoms with E-state index in [1.54, 1.807) is 17.0 Å². The van der Waals surface area contributed by atoms with Gasteiger partial charge >= 0.3 is 5.97 Å². The zero-order valence-electron chi connectivity index (χ0n) is 20.5. The number of rotatable bonds is 4. The molecule has 5 atom stereocenters. The minimum absolute atomic E-state index is 0.0588. The average molecular weight is 515 g/mol. The van der Waals surface area contributed by atoms with E-state index in [0.717, 1.165) is 5.56 Å². The lowest BCUT2D eigenvalue weighted by Crippen LogP contribution is -2.56. The van der Waals surface area contributed by atoms with Gasteiger partial charge in [-0.3, -0.25) is 14.4 Å². The number of esters is 1. The lowest BCUT2D eigenvalue weighted by Gasteiger charge is -2.38. The normalized spacial score (nSPS) is 34.8. The van der Waals surface area contributed by atoms with E-state index < -0.39 is 41.0 Å². The van der Waals surface area contributed by atoms with Crippen LogP contribution in [0.1, 0.15) is 31.7 Å². The smallest absolute Gasteiger partial charge is 0.313 e. The molecule has 4 heterocycles. The number of nitrogens with zero attached hydrogens (tertiary/aromatic N) is 2. The highest BCUT2D eigenvalue weighted by molar-refractivity contribution is 6.34. The Labute approximate surface area is 215 Å². The lowest BCUT2D eigenvalue weighted by atomic mass is 9.73. The molecule has 4 aliphatic rings. The third kappa shape index (κ3) is 3.53. The first kappa shape index (κ1) is 25.0. The van der Waals surface area contributed by atoms with Gasteiger partial charge in [-0.2, -0.15) is 0 Å². The van der Waals surface area contributed by atoms with Gasteiger partial charge in [0, 0.05) is 13.1 Å². The molecule has 1 aromatic rings. The van der Waals surface area contributed by atoms with Gasteiger partial charge in [-0.1, -0.05) is 55.0 Å². The second-order valence-corrected chi connectivity index (χ2v) is 10.3. The van der Waals surface area contributed by atoms with Crippen LogP contribution in [0.25, 0.3) is 0 Å². The van der Waals surface area contributed by atoms with Crippen molar-refractivity contribution in [3.63, 3.8) is 0 Å². The number of fused-ring (bicyclic) bond motifs is 2. The molecule has 0 aromatic heterocycles. The van der Waals surface area contributed by atoms with Crippen LogP contribution in [-0.2, 0) is 23.9 Å². The molecule has 0 radical (unpaired) electrons. The number of benzene rings is 1. The first-order chi connectivity index (χ1) is 17.3. The minimum Gasteiger partial charge on any atom is -0.465 e. The molecule has 1 N–H and O–H groups in total. The Morgan fingerprint density at radius 2 is 1.94 bits per heavy atom. The summed E-state index contributed by atoms with van der Waals surface area (Å²) in [6, 6.07) is 4.34. The summed E-state index contributed by atoms with van der Waals surface area (Å²) in [5.74, 6) is -3.13. The van der Waals surface area contributed by atoms with Crippen LogP contribution in [-0.4, -0.2) is 71.3 Å². The van der Waals surface area contributed by atoms with Crippen molar-refractivity contribution in [2.75, 3.05) is 31.2 Å². The molecule has 1 spiro atoms. The zero-order chi connectivity index (χ0) is 25.7. The summed E-state index contributed by atoms with van der Waals surface area (Å²) in [5, 5.41) is 10.2. The van der Waals surface area contributed by atoms with Crippen LogP contribution in [0.3, 0.4) is 0 Å². The van der Waals surface area contributed by atoms with Gasteiger partial charge < -0.3 is 24.4 Å². The number of ether oxygens (including phenoxy) is 2. The summed E-state index contributed by atoms with van der Waals surface area (Å²) >= 11 is 6.53. The number of aliphatic hydroxyl groups excluding tert-OH is 1. The second-order valence-electron chi connectivity index (χ2n) is 9.85. The van der Waals surface area contributed by atoms with E-state index in [2.05, 4.69) is 0 Å². The fraction of sp³-hybridized carbons (Fsp3) is 0.519. The molecule has 9 heteroatoms. The van der Waals surface area contributed by atoms with Gasteiger partial charge in [0.15, 0.2) is 0 Å². The molecule has 8 nitrogen and oxygen atoms in total. The van der Waals surface area contributed by atoms with E-state index in [4.69, 9.17) is 21.1 Å². The van der Waals surface area contributed by atoms with Crippen molar-refractivity contribution in [3.05, 3.63) is 53.1 Å². The predicted molar refractivity (Wildman–Crippen MR) is 133 cm³/mol. The van der Waals surface area contributed by atoms with Gasteiger partial charge in [0.25, 0.3) is 5.91 Å². The number of halogens is 1. The number of para-hydroxylation sites is 1. The SMILES string of the molecule is CC[C@]12/C=C\CCCOC(=O)[C@H]1[C@H]1C(=O)N(CCO)C3C(=O)N(c4c(C)cccc4Cl)CC=C[C@@]31O2. The predicted octanol–water partition coefficient (Wildman–Crippen LogP) is 2.80. The number of aryl methyl sites for hydroxylation is 1. The number of aliphatic hydroxyl groups is 1. The Kier molecular flexibility index (Phi) is 6.47. The van der Waals surface area contributed by atoms with Gasteiger partial charge in [-0.15, -0.1) is 0 Å². The molecule has 36 heavy (non-hydrogen) atoms. The maximum absolute atomic E-state index is 14.3. The van der Waals surface area contributed by atoms with Crippen molar-refractivity contribution in [1.82, 2.24) is 4.90 Å². The summed E-state index contributed by atoms with van der Waals surface area (Å²) in [6.45, 7) is 3.87. The van der Waals surface area contributed by atoms with E-state index in [1.807, 2.05) is 44.2 Å². The Hall–Kier alpha value is -2.68. The molecule has 2 amide bonds. The summed E-state index contributed by atoms with van der Waals surface area (Å²) in [5.41, 5.74) is -1.10. The van der Waals surface area contributed by atoms with Crippen LogP contribution in [0, 0.1) is 18.8 Å². The maximum atomic E-state index is 14.3. The number of hydrogen-bond acceptors (Lipinski definition) is 6. The van der Waals surface area contributed by atoms with E-state index in [1.165, 1.54) is 4.90 Å². The Morgan fingerprint density at radius 1 is 1.14 bits per heavy atom. The molecule has 2 fully saturated rings. The molecule has 4 aliphatic heterocycles. The van der Waals surface area contributed by atoms with Crippen LogP contribution < -0.4 is 4.90 Å². The van der Waals surface area contributed by atoms with Gasteiger partial charge in [0.2, 0.25) is 5.91 Å². The van der Waals surface area contributed by atoms with Gasteiger partial charge in [-0.05, 0) is 37.8 Å². The van der Waals surface area contributed by atoms with E-state index in [9.17, 15) is 19.5 Å². The first-order valence-corrected chi connectivity index (χ1v) is 12.9. The lowest BCUT2D eigenvalue weighted by molar-refractivity contribution is -0.159. The Bertz CT molecular complexity index is 1130. The largest absolute Gasteiger partial charge is 0.465 e.